The molecule has 0 saturated heterocycles. The van der Waals surface area contributed by atoms with Crippen molar-refractivity contribution >= 4 is 28.5 Å². The van der Waals surface area contributed by atoms with Gasteiger partial charge in [-0.25, -0.2) is 4.39 Å². The van der Waals surface area contributed by atoms with Crippen LogP contribution in [0.25, 0.3) is 0 Å². The Balaban J connectivity index is 2.66. The van der Waals surface area contributed by atoms with Crippen molar-refractivity contribution in [3.05, 3.63) is 33.1 Å². The van der Waals surface area contributed by atoms with Crippen LogP contribution in [0.1, 0.15) is 10.4 Å². The number of hydrogen-bond acceptors (Lipinski definition) is 3. The maximum atomic E-state index is 12.8. The lowest BCUT2D eigenvalue weighted by Crippen LogP contribution is -2.34. The topological polar surface area (TPSA) is 69.6 Å². The fourth-order valence-electron chi connectivity index (χ4n) is 1.04. The van der Waals surface area contributed by atoms with Gasteiger partial charge in [-0.05, 0) is 40.8 Å². The van der Waals surface area contributed by atoms with Crippen LogP contribution in [-0.4, -0.2) is 35.4 Å². The Morgan fingerprint density at radius 2 is 2.25 bits per heavy atom. The third-order valence-electron chi connectivity index (χ3n) is 1.88. The number of aliphatic hydroxyl groups excluding tert-OH is 2. The van der Waals surface area contributed by atoms with Gasteiger partial charge in [-0.3, -0.25) is 4.79 Å². The first-order valence-corrected chi connectivity index (χ1v) is 5.64. The molecule has 0 aromatic heterocycles. The van der Waals surface area contributed by atoms with Crippen molar-refractivity contribution in [2.75, 3.05) is 13.2 Å². The Hall–Kier alpha value is -0.730. The molecule has 0 spiro atoms. The van der Waals surface area contributed by atoms with Gasteiger partial charge in [-0.15, -0.1) is 0 Å². The molecule has 0 aliphatic heterocycles. The SMILES string of the molecule is O=C(NCC(O)CO)c1ccc(F)cc1I. The van der Waals surface area contributed by atoms with Gasteiger partial charge in [0.1, 0.15) is 5.82 Å². The van der Waals surface area contributed by atoms with E-state index in [1.54, 1.807) is 0 Å². The minimum Gasteiger partial charge on any atom is -0.394 e. The maximum absolute atomic E-state index is 12.8. The van der Waals surface area contributed by atoms with E-state index >= 15 is 0 Å². The van der Waals surface area contributed by atoms with Gasteiger partial charge >= 0.3 is 0 Å². The molecule has 1 aromatic carbocycles. The summed E-state index contributed by atoms with van der Waals surface area (Å²) in [6, 6.07) is 3.81. The lowest BCUT2D eigenvalue weighted by molar-refractivity contribution is 0.0801. The van der Waals surface area contributed by atoms with Crippen molar-refractivity contribution < 1.29 is 19.4 Å². The van der Waals surface area contributed by atoms with Gasteiger partial charge in [0.05, 0.1) is 18.3 Å². The highest BCUT2D eigenvalue weighted by atomic mass is 127. The quantitative estimate of drug-likeness (QED) is 0.701. The molecule has 6 heteroatoms. The van der Waals surface area contributed by atoms with E-state index in [0.717, 1.165) is 0 Å². The molecule has 0 aliphatic carbocycles. The first kappa shape index (κ1) is 13.3. The summed E-state index contributed by atoms with van der Waals surface area (Å²) in [6.45, 7) is -0.455. The van der Waals surface area contributed by atoms with Crippen LogP contribution in [-0.2, 0) is 0 Å². The Kier molecular flexibility index (Phi) is 5.10. The zero-order valence-electron chi connectivity index (χ0n) is 8.28. The van der Waals surface area contributed by atoms with Crippen molar-refractivity contribution in [1.82, 2.24) is 5.32 Å². The average molecular weight is 339 g/mol. The van der Waals surface area contributed by atoms with Gasteiger partial charge in [-0.1, -0.05) is 0 Å². The molecule has 1 unspecified atom stereocenters. The van der Waals surface area contributed by atoms with E-state index in [4.69, 9.17) is 10.2 Å². The van der Waals surface area contributed by atoms with Gasteiger partial charge in [0.15, 0.2) is 0 Å². The van der Waals surface area contributed by atoms with E-state index in [0.29, 0.717) is 9.13 Å². The molecule has 88 valence electrons. The van der Waals surface area contributed by atoms with Crippen molar-refractivity contribution in [2.24, 2.45) is 0 Å². The normalized spacial score (nSPS) is 12.2. The molecule has 0 fully saturated rings. The molecule has 4 nitrogen and oxygen atoms in total. The molecule has 0 saturated carbocycles. The van der Waals surface area contributed by atoms with E-state index in [9.17, 15) is 9.18 Å². The number of amides is 1. The van der Waals surface area contributed by atoms with Crippen molar-refractivity contribution in [1.29, 1.82) is 0 Å². The second-order valence-corrected chi connectivity index (χ2v) is 4.33. The van der Waals surface area contributed by atoms with Gasteiger partial charge < -0.3 is 15.5 Å². The molecular weight excluding hydrogens is 328 g/mol. The van der Waals surface area contributed by atoms with E-state index in [-0.39, 0.29) is 6.54 Å². The molecule has 0 radical (unpaired) electrons. The maximum Gasteiger partial charge on any atom is 0.252 e. The fourth-order valence-corrected chi connectivity index (χ4v) is 1.77. The molecule has 1 amide bonds. The summed E-state index contributed by atoms with van der Waals surface area (Å²) in [5.74, 6) is -0.812. The third kappa shape index (κ3) is 3.69. The first-order valence-electron chi connectivity index (χ1n) is 4.56. The molecule has 1 rings (SSSR count). The minimum absolute atomic E-state index is 0.0389. The van der Waals surface area contributed by atoms with Crippen LogP contribution in [0.4, 0.5) is 4.39 Å². The smallest absolute Gasteiger partial charge is 0.252 e. The van der Waals surface area contributed by atoms with Gasteiger partial charge in [0, 0.05) is 10.1 Å². The predicted octanol–water partition coefficient (Wildman–Crippen LogP) is 0.513. The van der Waals surface area contributed by atoms with Crippen LogP contribution in [0.3, 0.4) is 0 Å². The number of halogens is 2. The van der Waals surface area contributed by atoms with Crippen molar-refractivity contribution in [3.8, 4) is 0 Å². The summed E-state index contributed by atoms with van der Waals surface area (Å²) in [4.78, 5) is 11.6. The predicted molar refractivity (Wildman–Crippen MR) is 64.5 cm³/mol. The second kappa shape index (κ2) is 6.12. The molecule has 0 aliphatic rings. The molecule has 1 atom stereocenters. The number of benzene rings is 1. The monoisotopic (exact) mass is 339 g/mol. The number of hydrogen-bond donors (Lipinski definition) is 3. The molecule has 0 heterocycles. The largest absolute Gasteiger partial charge is 0.394 e. The van der Waals surface area contributed by atoms with Crippen LogP contribution in [0.15, 0.2) is 18.2 Å². The average Bonchev–Trinajstić information content (AvgIpc) is 2.25. The molecule has 16 heavy (non-hydrogen) atoms. The van der Waals surface area contributed by atoms with Crippen LogP contribution in [0.5, 0.6) is 0 Å². The highest BCUT2D eigenvalue weighted by Crippen LogP contribution is 2.13. The highest BCUT2D eigenvalue weighted by Gasteiger charge is 2.11. The third-order valence-corrected chi connectivity index (χ3v) is 2.78. The number of carbonyl (C=O) groups excluding carboxylic acids is 1. The summed E-state index contributed by atoms with van der Waals surface area (Å²) in [7, 11) is 0. The highest BCUT2D eigenvalue weighted by molar-refractivity contribution is 14.1. The number of aliphatic hydroxyl groups is 2. The zero-order chi connectivity index (χ0) is 12.1. The fraction of sp³-hybridized carbons (Fsp3) is 0.300. The van der Waals surface area contributed by atoms with E-state index in [1.165, 1.54) is 18.2 Å². The Bertz CT molecular complexity index is 386. The van der Waals surface area contributed by atoms with Gasteiger partial charge in [0.2, 0.25) is 0 Å². The lowest BCUT2D eigenvalue weighted by Gasteiger charge is -2.09. The van der Waals surface area contributed by atoms with E-state index < -0.39 is 24.4 Å². The van der Waals surface area contributed by atoms with Crippen LogP contribution in [0.2, 0.25) is 0 Å². The standard InChI is InChI=1S/C10H11FINO3/c11-6-1-2-8(9(12)3-6)10(16)13-4-7(15)5-14/h1-3,7,14-15H,4-5H2,(H,13,16). The van der Waals surface area contributed by atoms with E-state index in [1.807, 2.05) is 22.6 Å². The first-order chi connectivity index (χ1) is 7.54. The number of carbonyl (C=O) groups is 1. The second-order valence-electron chi connectivity index (χ2n) is 3.17. The van der Waals surface area contributed by atoms with Crippen molar-refractivity contribution in [2.45, 2.75) is 6.10 Å². The van der Waals surface area contributed by atoms with Crippen LogP contribution < -0.4 is 5.32 Å². The summed E-state index contributed by atoms with van der Waals surface area (Å²) in [5.41, 5.74) is 0.340. The van der Waals surface area contributed by atoms with Gasteiger partial charge in [-0.2, -0.15) is 0 Å². The number of rotatable bonds is 4. The molecule has 0 bridgehead atoms. The molecule has 1 aromatic rings. The summed E-state index contributed by atoms with van der Waals surface area (Å²) < 4.78 is 13.3. The minimum atomic E-state index is -0.984. The Morgan fingerprint density at radius 3 is 2.81 bits per heavy atom. The molecule has 3 N–H and O–H groups in total. The summed E-state index contributed by atoms with van der Waals surface area (Å²) >= 11 is 1.85. The Morgan fingerprint density at radius 1 is 1.56 bits per heavy atom. The van der Waals surface area contributed by atoms with E-state index in [2.05, 4.69) is 5.32 Å². The zero-order valence-corrected chi connectivity index (χ0v) is 10.4. The lowest BCUT2D eigenvalue weighted by atomic mass is 10.2. The Labute approximate surface area is 106 Å². The van der Waals surface area contributed by atoms with Crippen molar-refractivity contribution in [3.63, 3.8) is 0 Å². The molecular formula is C10H11FINO3. The van der Waals surface area contributed by atoms with Gasteiger partial charge in [0.25, 0.3) is 5.91 Å². The van der Waals surface area contributed by atoms with Crippen LogP contribution >= 0.6 is 22.6 Å². The number of nitrogens with one attached hydrogen (secondary N) is 1. The summed E-state index contributed by atoms with van der Waals surface area (Å²) in [6.07, 6.45) is -0.984. The van der Waals surface area contributed by atoms with Crippen LogP contribution in [0, 0.1) is 9.39 Å². The summed E-state index contributed by atoms with van der Waals surface area (Å²) in [5, 5.41) is 20.0.